The number of aliphatic carboxylic acids is 1. The van der Waals surface area contributed by atoms with Gasteiger partial charge >= 0.3 is 5.97 Å². The Balaban J connectivity index is 1.69. The van der Waals surface area contributed by atoms with Crippen LogP contribution in [-0.4, -0.2) is 75.2 Å². The van der Waals surface area contributed by atoms with E-state index in [0.29, 0.717) is 13.0 Å². The maximum Gasteiger partial charge on any atom is 0.316 e. The molecule has 2 aliphatic heterocycles. The Kier molecular flexibility index (Phi) is 8.67. The minimum Gasteiger partial charge on any atom is -0.481 e. The summed E-state index contributed by atoms with van der Waals surface area (Å²) in [6.07, 6.45) is 5.74. The number of rotatable bonds is 13. The van der Waals surface area contributed by atoms with Crippen molar-refractivity contribution < 1.29 is 29.1 Å². The van der Waals surface area contributed by atoms with Gasteiger partial charge in [-0.1, -0.05) is 31.0 Å². The number of fused-ring (bicyclic) bond motifs is 1. The second kappa shape index (κ2) is 11.5. The molecule has 34 heavy (non-hydrogen) atoms. The fourth-order valence-corrected chi connectivity index (χ4v) is 5.74. The molecule has 0 spiro atoms. The first kappa shape index (κ1) is 25.7. The zero-order valence-corrected chi connectivity index (χ0v) is 20.3. The molecule has 0 bridgehead atoms. The van der Waals surface area contributed by atoms with Crippen molar-refractivity contribution in [3.8, 4) is 0 Å². The van der Waals surface area contributed by atoms with Gasteiger partial charge in [0.2, 0.25) is 12.3 Å². The van der Waals surface area contributed by atoms with Gasteiger partial charge in [-0.2, -0.15) is 0 Å². The fourth-order valence-electron chi connectivity index (χ4n) is 3.55. The van der Waals surface area contributed by atoms with Crippen LogP contribution in [0.4, 0.5) is 5.13 Å². The number of unbranched alkanes of at least 4 members (excludes halogenated alkanes) is 3. The molecule has 0 aliphatic carbocycles. The van der Waals surface area contributed by atoms with Gasteiger partial charge in [-0.05, 0) is 12.8 Å². The predicted molar refractivity (Wildman–Crippen MR) is 129 cm³/mol. The minimum absolute atomic E-state index is 0.00331. The van der Waals surface area contributed by atoms with E-state index in [1.165, 1.54) is 22.7 Å². The standard InChI is InChI=1S/C21H27N5O6S2/c1-3-5-6-7-8-32-25-14(13-9-33-20(23-13)22-12-27)16(28)24-15-17(29)26-10-21(4-2,19(30)31)11-34-18(15)26/h4,9,12,15,18H,2-3,5-8,10-11H2,1H3,(H,24,28)(H,30,31)(H,22,23,27)/t15?,18-,21?/m1/s1. The highest BCUT2D eigenvalue weighted by molar-refractivity contribution is 8.00. The summed E-state index contributed by atoms with van der Waals surface area (Å²) in [7, 11) is 0. The van der Waals surface area contributed by atoms with Crippen molar-refractivity contribution in [3.05, 3.63) is 23.7 Å². The van der Waals surface area contributed by atoms with Crippen LogP contribution in [0, 0.1) is 5.41 Å². The van der Waals surface area contributed by atoms with Crippen LogP contribution in [0.5, 0.6) is 0 Å². The highest BCUT2D eigenvalue weighted by Crippen LogP contribution is 2.42. The van der Waals surface area contributed by atoms with Gasteiger partial charge in [0.25, 0.3) is 5.91 Å². The molecule has 3 amide bonds. The molecule has 0 radical (unpaired) electrons. The van der Waals surface area contributed by atoms with Crippen LogP contribution in [0.3, 0.4) is 0 Å². The lowest BCUT2D eigenvalue weighted by Crippen LogP contribution is -2.73. The lowest BCUT2D eigenvalue weighted by Gasteiger charge is -2.53. The molecule has 3 heterocycles. The highest BCUT2D eigenvalue weighted by Gasteiger charge is 2.56. The Morgan fingerprint density at radius 2 is 2.24 bits per heavy atom. The van der Waals surface area contributed by atoms with E-state index in [-0.39, 0.29) is 40.1 Å². The van der Waals surface area contributed by atoms with Crippen molar-refractivity contribution in [2.75, 3.05) is 24.2 Å². The molecule has 0 saturated carbocycles. The summed E-state index contributed by atoms with van der Waals surface area (Å²) >= 11 is 2.40. The van der Waals surface area contributed by atoms with E-state index in [0.717, 1.165) is 37.0 Å². The van der Waals surface area contributed by atoms with E-state index < -0.39 is 23.3 Å². The number of nitrogens with zero attached hydrogens (tertiary/aromatic N) is 3. The van der Waals surface area contributed by atoms with E-state index in [4.69, 9.17) is 4.84 Å². The number of amides is 3. The molecule has 0 aromatic carbocycles. The Hall–Kier alpha value is -2.93. The van der Waals surface area contributed by atoms with Gasteiger partial charge in [0, 0.05) is 17.7 Å². The fraction of sp³-hybridized carbons (Fsp3) is 0.524. The van der Waals surface area contributed by atoms with E-state index in [1.54, 1.807) is 5.38 Å². The summed E-state index contributed by atoms with van der Waals surface area (Å²) < 4.78 is 0. The Labute approximate surface area is 205 Å². The van der Waals surface area contributed by atoms with Crippen molar-refractivity contribution in [1.82, 2.24) is 15.2 Å². The zero-order chi connectivity index (χ0) is 24.7. The van der Waals surface area contributed by atoms with Gasteiger partial charge in [0.15, 0.2) is 10.8 Å². The number of anilines is 1. The van der Waals surface area contributed by atoms with Crippen molar-refractivity contribution >= 4 is 58.1 Å². The lowest BCUT2D eigenvalue weighted by atomic mass is 9.87. The first-order valence-corrected chi connectivity index (χ1v) is 12.8. The molecule has 2 aliphatic rings. The number of carboxylic acid groups (broad SMARTS) is 1. The molecule has 2 unspecified atom stereocenters. The van der Waals surface area contributed by atoms with Gasteiger partial charge < -0.3 is 25.5 Å². The number of hydrogen-bond donors (Lipinski definition) is 3. The number of nitrogens with one attached hydrogen (secondary N) is 2. The maximum absolute atomic E-state index is 13.1. The molecule has 1 aromatic rings. The monoisotopic (exact) mass is 509 g/mol. The highest BCUT2D eigenvalue weighted by atomic mass is 32.2. The van der Waals surface area contributed by atoms with E-state index in [1.807, 2.05) is 0 Å². The summed E-state index contributed by atoms with van der Waals surface area (Å²) in [5.41, 5.74) is -1.12. The Bertz CT molecular complexity index is 983. The largest absolute Gasteiger partial charge is 0.481 e. The Morgan fingerprint density at radius 3 is 2.91 bits per heavy atom. The van der Waals surface area contributed by atoms with Crippen molar-refractivity contribution in [2.24, 2.45) is 10.6 Å². The van der Waals surface area contributed by atoms with E-state index >= 15 is 0 Å². The Morgan fingerprint density at radius 1 is 1.44 bits per heavy atom. The van der Waals surface area contributed by atoms with Crippen molar-refractivity contribution in [3.63, 3.8) is 0 Å². The predicted octanol–water partition coefficient (Wildman–Crippen LogP) is 1.67. The molecule has 2 fully saturated rings. The van der Waals surface area contributed by atoms with Crippen LogP contribution in [0.15, 0.2) is 23.2 Å². The number of hydrogen-bond acceptors (Lipinski definition) is 9. The zero-order valence-electron chi connectivity index (χ0n) is 18.7. The lowest BCUT2D eigenvalue weighted by molar-refractivity contribution is -0.156. The second-order valence-electron chi connectivity index (χ2n) is 7.92. The average molecular weight is 510 g/mol. The average Bonchev–Trinajstić information content (AvgIpc) is 3.29. The van der Waals surface area contributed by atoms with Gasteiger partial charge in [-0.15, -0.1) is 29.7 Å². The van der Waals surface area contributed by atoms with Crippen LogP contribution < -0.4 is 10.6 Å². The van der Waals surface area contributed by atoms with Crippen LogP contribution >= 0.6 is 23.1 Å². The topological polar surface area (TPSA) is 150 Å². The maximum atomic E-state index is 13.1. The van der Waals surface area contributed by atoms with Crippen molar-refractivity contribution in [1.29, 1.82) is 0 Å². The molecule has 1 aromatic heterocycles. The van der Waals surface area contributed by atoms with Gasteiger partial charge in [-0.3, -0.25) is 19.2 Å². The van der Waals surface area contributed by atoms with Gasteiger partial charge in [-0.25, -0.2) is 4.98 Å². The van der Waals surface area contributed by atoms with Crippen LogP contribution in [0.25, 0.3) is 0 Å². The third-order valence-corrected chi connectivity index (χ3v) is 7.92. The van der Waals surface area contributed by atoms with Crippen LogP contribution in [0.2, 0.25) is 0 Å². The third-order valence-electron chi connectivity index (χ3n) is 5.60. The number of carboxylic acids is 1. The normalized spacial score (nSPS) is 24.0. The quantitative estimate of drug-likeness (QED) is 0.0907. The number of thioether (sulfide) groups is 1. The summed E-state index contributed by atoms with van der Waals surface area (Å²) in [6, 6.07) is -0.824. The smallest absolute Gasteiger partial charge is 0.316 e. The summed E-state index contributed by atoms with van der Waals surface area (Å²) in [5, 5.41) is 20.1. The van der Waals surface area contributed by atoms with Crippen LogP contribution in [0.1, 0.15) is 38.3 Å². The minimum atomic E-state index is -1.22. The molecular formula is C21H27N5O6S2. The van der Waals surface area contributed by atoms with Crippen LogP contribution in [-0.2, 0) is 24.0 Å². The summed E-state index contributed by atoms with van der Waals surface area (Å²) in [6.45, 7) is 6.04. The molecule has 2 saturated heterocycles. The number of thiazole rings is 1. The molecule has 13 heteroatoms. The number of carbonyl (C=O) groups is 4. The molecule has 3 rings (SSSR count). The summed E-state index contributed by atoms with van der Waals surface area (Å²) in [5.74, 6) is -1.82. The molecular weight excluding hydrogens is 482 g/mol. The molecule has 184 valence electrons. The molecule has 3 atom stereocenters. The number of carbonyl (C=O) groups excluding carboxylic acids is 3. The van der Waals surface area contributed by atoms with E-state index in [9.17, 15) is 24.3 Å². The van der Waals surface area contributed by atoms with Gasteiger partial charge in [0.1, 0.15) is 29.1 Å². The third kappa shape index (κ3) is 5.41. The number of aromatic nitrogens is 1. The summed E-state index contributed by atoms with van der Waals surface area (Å²) in [4.78, 5) is 59.1. The molecule has 3 N–H and O–H groups in total. The molecule has 11 nitrogen and oxygen atoms in total. The first-order valence-electron chi connectivity index (χ1n) is 10.8. The van der Waals surface area contributed by atoms with E-state index in [2.05, 4.69) is 34.3 Å². The number of β-lactam (4-membered cyclic amide) rings is 1. The SMILES string of the molecule is C=CC1(C(=O)O)CS[C@@H]2C(NC(=O)C(=NOCCCCCC)c3csc(NC=O)n3)C(=O)N2C1. The van der Waals surface area contributed by atoms with Gasteiger partial charge in [0.05, 0.1) is 0 Å². The first-order chi connectivity index (χ1) is 16.4. The van der Waals surface area contributed by atoms with Crippen molar-refractivity contribution in [2.45, 2.75) is 44.0 Å². The second-order valence-corrected chi connectivity index (χ2v) is 9.88. The number of oxime groups is 1.